The number of ether oxygens (including phenoxy) is 2. The van der Waals surface area contributed by atoms with E-state index >= 15 is 0 Å². The molecule has 0 saturated carbocycles. The zero-order valence-corrected chi connectivity index (χ0v) is 15.9. The molecular formula is C16H23FN5O3P. The minimum atomic E-state index is -2.47. The lowest BCUT2D eigenvalue weighted by atomic mass is 10.2. The fourth-order valence-electron chi connectivity index (χ4n) is 2.84. The van der Waals surface area contributed by atoms with Gasteiger partial charge in [-0.15, -0.1) is 0 Å². The van der Waals surface area contributed by atoms with Crippen molar-refractivity contribution in [3.05, 3.63) is 24.6 Å². The Morgan fingerprint density at radius 3 is 2.96 bits per heavy atom. The van der Waals surface area contributed by atoms with Crippen molar-refractivity contribution >= 4 is 24.1 Å². The lowest BCUT2D eigenvalue weighted by Crippen LogP contribution is -2.17. The molecule has 0 saturated heterocycles. The summed E-state index contributed by atoms with van der Waals surface area (Å²) in [5.41, 5.74) is 6.49. The van der Waals surface area contributed by atoms with E-state index in [2.05, 4.69) is 28.8 Å². The molecule has 3 heterocycles. The summed E-state index contributed by atoms with van der Waals surface area (Å²) in [6.45, 7) is 5.81. The molecule has 1 aliphatic rings. The first kappa shape index (κ1) is 18.9. The summed E-state index contributed by atoms with van der Waals surface area (Å²) < 4.78 is 39.6. The van der Waals surface area contributed by atoms with Crippen LogP contribution in [-0.2, 0) is 14.0 Å². The first-order valence-electron chi connectivity index (χ1n) is 8.43. The van der Waals surface area contributed by atoms with Crippen molar-refractivity contribution in [3.63, 3.8) is 0 Å². The first-order valence-corrected chi connectivity index (χ1v) is 11.0. The molecule has 10 heteroatoms. The van der Waals surface area contributed by atoms with Crippen molar-refractivity contribution < 1.29 is 18.4 Å². The van der Waals surface area contributed by atoms with Gasteiger partial charge in [0.15, 0.2) is 29.8 Å². The molecule has 2 N–H and O–H groups in total. The van der Waals surface area contributed by atoms with Gasteiger partial charge in [-0.05, 0) is 12.6 Å². The van der Waals surface area contributed by atoms with Crippen LogP contribution >= 0.6 is 7.14 Å². The lowest BCUT2D eigenvalue weighted by Gasteiger charge is -2.20. The van der Waals surface area contributed by atoms with Gasteiger partial charge in [-0.25, -0.2) is 19.3 Å². The number of imidazole rings is 1. The number of hydrogen-bond acceptors (Lipinski definition) is 7. The van der Waals surface area contributed by atoms with Crippen molar-refractivity contribution in [1.82, 2.24) is 19.5 Å². The average molecular weight is 383 g/mol. The Morgan fingerprint density at radius 1 is 1.46 bits per heavy atom. The number of fused-ring (bicyclic) bond motifs is 1. The molecule has 0 bridgehead atoms. The maximum atomic E-state index is 14.4. The molecule has 2 aromatic rings. The second-order valence-corrected chi connectivity index (χ2v) is 10.00. The van der Waals surface area contributed by atoms with E-state index in [0.717, 1.165) is 6.42 Å². The highest BCUT2D eigenvalue weighted by Gasteiger charge is 2.32. The largest absolute Gasteiger partial charge is 0.382 e. The molecule has 0 fully saturated rings. The van der Waals surface area contributed by atoms with Gasteiger partial charge in [0, 0.05) is 12.2 Å². The third-order valence-corrected chi connectivity index (χ3v) is 6.43. The highest BCUT2D eigenvalue weighted by Crippen LogP contribution is 2.44. The van der Waals surface area contributed by atoms with Gasteiger partial charge in [0.05, 0.1) is 6.33 Å². The first-order chi connectivity index (χ1) is 12.3. The van der Waals surface area contributed by atoms with Crippen LogP contribution in [0.15, 0.2) is 24.6 Å². The average Bonchev–Trinajstić information content (AvgIpc) is 3.16. The highest BCUT2D eigenvalue weighted by molar-refractivity contribution is 7.62. The summed E-state index contributed by atoms with van der Waals surface area (Å²) in [6, 6.07) is 0. The Labute approximate surface area is 151 Å². The molecule has 0 unspecified atom stereocenters. The Bertz CT molecular complexity index is 871. The van der Waals surface area contributed by atoms with Crippen LogP contribution in [0.4, 0.5) is 10.2 Å². The van der Waals surface area contributed by atoms with Gasteiger partial charge in [0.25, 0.3) is 0 Å². The van der Waals surface area contributed by atoms with Crippen molar-refractivity contribution in [1.29, 1.82) is 0 Å². The predicted octanol–water partition coefficient (Wildman–Crippen LogP) is 3.13. The minimum Gasteiger partial charge on any atom is -0.382 e. The smallest absolute Gasteiger partial charge is 0.192 e. The van der Waals surface area contributed by atoms with Gasteiger partial charge in [-0.1, -0.05) is 20.3 Å². The van der Waals surface area contributed by atoms with E-state index < -0.39 is 25.5 Å². The number of hydrogen-bond donors (Lipinski definition) is 1. The highest BCUT2D eigenvalue weighted by atomic mass is 31.2. The molecule has 142 valence electrons. The summed E-state index contributed by atoms with van der Waals surface area (Å²) in [5, 5.41) is 0. The number of rotatable bonds is 7. The van der Waals surface area contributed by atoms with Crippen LogP contribution in [0.25, 0.3) is 11.2 Å². The quantitative estimate of drug-likeness (QED) is 0.732. The zero-order valence-electron chi connectivity index (χ0n) is 15.0. The van der Waals surface area contributed by atoms with Crippen LogP contribution in [0, 0.1) is 5.92 Å². The van der Waals surface area contributed by atoms with Crippen LogP contribution in [0.1, 0.15) is 26.5 Å². The van der Waals surface area contributed by atoms with Gasteiger partial charge < -0.3 is 19.8 Å². The summed E-state index contributed by atoms with van der Waals surface area (Å²) >= 11 is 0. The van der Waals surface area contributed by atoms with Crippen molar-refractivity contribution in [3.8, 4) is 0 Å². The maximum Gasteiger partial charge on any atom is 0.192 e. The van der Waals surface area contributed by atoms with E-state index in [4.69, 9.17) is 15.2 Å². The molecule has 4 atom stereocenters. The predicted molar refractivity (Wildman–Crippen MR) is 96.6 cm³/mol. The third-order valence-electron chi connectivity index (χ3n) is 4.34. The Balaban J connectivity index is 1.68. The second-order valence-electron chi connectivity index (χ2n) is 6.78. The number of nitrogens with zero attached hydrogens (tertiary/aromatic N) is 4. The Morgan fingerprint density at radius 2 is 2.23 bits per heavy atom. The molecule has 0 radical (unpaired) electrons. The van der Waals surface area contributed by atoms with E-state index in [-0.39, 0.29) is 12.2 Å². The maximum absolute atomic E-state index is 14.4. The van der Waals surface area contributed by atoms with Gasteiger partial charge in [-0.2, -0.15) is 0 Å². The molecular weight excluding hydrogens is 360 g/mol. The molecule has 26 heavy (non-hydrogen) atoms. The molecule has 8 nitrogen and oxygen atoms in total. The van der Waals surface area contributed by atoms with Gasteiger partial charge in [0.1, 0.15) is 25.3 Å². The standard InChI is InChI=1S/C16H23FN5O3P/c1-4-10(2)6-26(3,23)9-24-12-5-11(17)16(25-12)22-8-21-13-14(18)19-7-20-15(13)22/h5,7-8,10,12,16H,4,6,9H2,1-3H3,(H2,18,19,20)/t10-,12-,16+,26-/m0/s1. The van der Waals surface area contributed by atoms with E-state index in [1.54, 1.807) is 6.66 Å². The Hall–Kier alpha value is -1.83. The molecule has 0 amide bonds. The van der Waals surface area contributed by atoms with E-state index in [9.17, 15) is 8.96 Å². The summed E-state index contributed by atoms with van der Waals surface area (Å²) in [5.74, 6) is 0.0293. The second kappa shape index (κ2) is 7.42. The lowest BCUT2D eigenvalue weighted by molar-refractivity contribution is -0.128. The molecule has 2 aromatic heterocycles. The van der Waals surface area contributed by atoms with E-state index in [1.165, 1.54) is 23.3 Å². The molecule has 3 rings (SSSR count). The summed E-state index contributed by atoms with van der Waals surface area (Å²) in [4.78, 5) is 12.0. The molecule has 0 spiro atoms. The third kappa shape index (κ3) is 3.95. The molecule has 0 aliphatic carbocycles. The summed E-state index contributed by atoms with van der Waals surface area (Å²) in [6.07, 6.45) is 3.52. The normalized spacial score (nSPS) is 23.8. The topological polar surface area (TPSA) is 105 Å². The number of nitrogens with two attached hydrogens (primary N) is 1. The number of aromatic nitrogens is 4. The SMILES string of the molecule is CC[C@H](C)C[P@](C)(=O)CO[C@@H]1C=C(F)[C@H](n2cnc3c(N)ncnc32)O1. The van der Waals surface area contributed by atoms with Gasteiger partial charge in [-0.3, -0.25) is 4.57 Å². The number of halogens is 1. The van der Waals surface area contributed by atoms with Crippen LogP contribution in [0.5, 0.6) is 0 Å². The van der Waals surface area contributed by atoms with Crippen LogP contribution in [0.3, 0.4) is 0 Å². The Kier molecular flexibility index (Phi) is 5.41. The van der Waals surface area contributed by atoms with E-state index in [1.807, 2.05) is 0 Å². The number of nitrogen functional groups attached to an aromatic ring is 1. The van der Waals surface area contributed by atoms with E-state index in [0.29, 0.717) is 23.2 Å². The van der Waals surface area contributed by atoms with Crippen molar-refractivity contribution in [2.24, 2.45) is 5.92 Å². The monoisotopic (exact) mass is 383 g/mol. The summed E-state index contributed by atoms with van der Waals surface area (Å²) in [7, 11) is -2.47. The fourth-order valence-corrected chi connectivity index (χ4v) is 4.99. The fraction of sp³-hybridized carbons (Fsp3) is 0.562. The van der Waals surface area contributed by atoms with Crippen molar-refractivity contribution in [2.75, 3.05) is 24.9 Å². The van der Waals surface area contributed by atoms with Gasteiger partial charge >= 0.3 is 0 Å². The minimum absolute atomic E-state index is 0.0400. The zero-order chi connectivity index (χ0) is 18.9. The van der Waals surface area contributed by atoms with Crippen LogP contribution < -0.4 is 5.73 Å². The van der Waals surface area contributed by atoms with Crippen molar-refractivity contribution in [2.45, 2.75) is 32.8 Å². The number of anilines is 1. The van der Waals surface area contributed by atoms with Gasteiger partial charge in [0.2, 0.25) is 0 Å². The van der Waals surface area contributed by atoms with Crippen LogP contribution in [0.2, 0.25) is 0 Å². The van der Waals surface area contributed by atoms with Crippen LogP contribution in [-0.4, -0.2) is 45.0 Å². The molecule has 1 aliphatic heterocycles. The molecule has 0 aromatic carbocycles.